The van der Waals surface area contributed by atoms with E-state index in [1.54, 1.807) is 4.90 Å². The molecule has 2 aliphatic rings. The monoisotopic (exact) mass is 289 g/mol. The second kappa shape index (κ2) is 4.27. The van der Waals surface area contributed by atoms with Crippen molar-refractivity contribution in [1.29, 1.82) is 0 Å². The minimum absolute atomic E-state index is 0.334. The van der Waals surface area contributed by atoms with E-state index in [1.807, 2.05) is 20.8 Å². The number of amides is 1. The number of alkyl halides is 1. The molecule has 1 unspecified atom stereocenters. The van der Waals surface area contributed by atoms with Gasteiger partial charge in [-0.15, -0.1) is 11.6 Å². The third kappa shape index (κ3) is 2.53. The molecule has 2 fully saturated rings. The first-order valence-electron chi connectivity index (χ1n) is 6.50. The van der Waals surface area contributed by atoms with Crippen LogP contribution in [0.2, 0.25) is 0 Å². The second-order valence-electron chi connectivity index (χ2n) is 6.53. The van der Waals surface area contributed by atoms with Gasteiger partial charge in [0.05, 0.1) is 0 Å². The van der Waals surface area contributed by atoms with E-state index in [0.29, 0.717) is 32.4 Å². The molecule has 6 heteroatoms. The molecule has 1 spiro atoms. The molecule has 0 aromatic heterocycles. The van der Waals surface area contributed by atoms with E-state index in [2.05, 4.69) is 0 Å². The Morgan fingerprint density at radius 3 is 2.16 bits per heavy atom. The Hall–Kier alpha value is -0.970. The van der Waals surface area contributed by atoms with E-state index in [4.69, 9.17) is 21.4 Å². The van der Waals surface area contributed by atoms with Crippen LogP contribution in [0.5, 0.6) is 0 Å². The van der Waals surface area contributed by atoms with Crippen molar-refractivity contribution < 1.29 is 19.4 Å². The first-order chi connectivity index (χ1) is 8.60. The minimum Gasteiger partial charge on any atom is -0.480 e. The number of aliphatic carboxylic acids is 1. The molecule has 1 aliphatic heterocycles. The maximum absolute atomic E-state index is 11.9. The van der Waals surface area contributed by atoms with Crippen LogP contribution < -0.4 is 0 Å². The zero-order valence-electron chi connectivity index (χ0n) is 11.5. The summed E-state index contributed by atoms with van der Waals surface area (Å²) in [5, 5.41) is 9.12. The maximum Gasteiger partial charge on any atom is 0.410 e. The number of carboxylic acids is 1. The summed E-state index contributed by atoms with van der Waals surface area (Å²) in [5.41, 5.74) is -0.845. The van der Waals surface area contributed by atoms with Crippen molar-refractivity contribution in [3.8, 4) is 0 Å². The molecule has 1 N–H and O–H groups in total. The smallest absolute Gasteiger partial charge is 0.410 e. The third-order valence-corrected chi connectivity index (χ3v) is 4.71. The van der Waals surface area contributed by atoms with Gasteiger partial charge in [0.1, 0.15) is 10.5 Å². The van der Waals surface area contributed by atoms with Crippen LogP contribution in [0.4, 0.5) is 4.79 Å². The molecule has 1 atom stereocenters. The van der Waals surface area contributed by atoms with Crippen LogP contribution in [0.3, 0.4) is 0 Å². The Kier molecular flexibility index (Phi) is 3.24. The van der Waals surface area contributed by atoms with Crippen molar-refractivity contribution in [1.82, 2.24) is 4.90 Å². The van der Waals surface area contributed by atoms with E-state index in [1.165, 1.54) is 0 Å². The summed E-state index contributed by atoms with van der Waals surface area (Å²) >= 11 is 6.11. The lowest BCUT2D eigenvalue weighted by Gasteiger charge is -2.34. The quantitative estimate of drug-likeness (QED) is 0.753. The average molecular weight is 290 g/mol. The van der Waals surface area contributed by atoms with E-state index < -0.39 is 16.4 Å². The van der Waals surface area contributed by atoms with Crippen LogP contribution in [0.15, 0.2) is 0 Å². The number of piperidine rings is 1. The molecule has 0 aromatic rings. The highest BCUT2D eigenvalue weighted by Crippen LogP contribution is 2.66. The molecule has 1 heterocycles. The first kappa shape index (κ1) is 14.4. The molecular formula is C13H20ClNO4. The summed E-state index contributed by atoms with van der Waals surface area (Å²) < 4.78 is 5.30. The molecule has 1 saturated carbocycles. The van der Waals surface area contributed by atoms with Crippen LogP contribution in [0.25, 0.3) is 0 Å². The van der Waals surface area contributed by atoms with Crippen molar-refractivity contribution in [2.75, 3.05) is 13.1 Å². The summed E-state index contributed by atoms with van der Waals surface area (Å²) in [6.07, 6.45) is 1.42. The molecule has 1 saturated heterocycles. The van der Waals surface area contributed by atoms with Crippen molar-refractivity contribution >= 4 is 23.7 Å². The highest BCUT2D eigenvalue weighted by atomic mass is 35.5. The minimum atomic E-state index is -1.12. The number of halogens is 1. The van der Waals surface area contributed by atoms with Crippen LogP contribution in [-0.2, 0) is 9.53 Å². The summed E-state index contributed by atoms with van der Waals surface area (Å²) in [6, 6.07) is 0. The van der Waals surface area contributed by atoms with E-state index in [0.717, 1.165) is 0 Å². The molecule has 2 rings (SSSR count). The molecule has 5 nitrogen and oxygen atoms in total. The van der Waals surface area contributed by atoms with Gasteiger partial charge in [-0.3, -0.25) is 4.79 Å². The van der Waals surface area contributed by atoms with Gasteiger partial charge in [-0.25, -0.2) is 4.79 Å². The summed E-state index contributed by atoms with van der Waals surface area (Å²) in [6.45, 7) is 6.50. The van der Waals surface area contributed by atoms with Gasteiger partial charge in [0.25, 0.3) is 0 Å². The summed E-state index contributed by atoms with van der Waals surface area (Å²) in [4.78, 5) is 23.5. The van der Waals surface area contributed by atoms with Gasteiger partial charge in [0, 0.05) is 18.5 Å². The fourth-order valence-electron chi connectivity index (χ4n) is 2.74. The Morgan fingerprint density at radius 1 is 1.26 bits per heavy atom. The summed E-state index contributed by atoms with van der Waals surface area (Å²) in [5.74, 6) is -0.945. The van der Waals surface area contributed by atoms with E-state index in [-0.39, 0.29) is 11.5 Å². The predicted octanol–water partition coefficient (Wildman–Crippen LogP) is 2.47. The molecule has 0 aromatic carbocycles. The van der Waals surface area contributed by atoms with Crippen LogP contribution >= 0.6 is 11.6 Å². The molecule has 19 heavy (non-hydrogen) atoms. The van der Waals surface area contributed by atoms with Gasteiger partial charge in [-0.1, -0.05) is 0 Å². The molecule has 1 amide bonds. The highest BCUT2D eigenvalue weighted by Gasteiger charge is 2.71. The normalized spacial score (nSPS) is 29.2. The van der Waals surface area contributed by atoms with E-state index in [9.17, 15) is 9.59 Å². The third-order valence-electron chi connectivity index (χ3n) is 4.01. The van der Waals surface area contributed by atoms with Gasteiger partial charge < -0.3 is 14.7 Å². The predicted molar refractivity (Wildman–Crippen MR) is 70.3 cm³/mol. The zero-order chi connectivity index (χ0) is 14.5. The topological polar surface area (TPSA) is 66.8 Å². The summed E-state index contributed by atoms with van der Waals surface area (Å²) in [7, 11) is 0. The molecular weight excluding hydrogens is 270 g/mol. The number of carbonyl (C=O) groups excluding carboxylic acids is 1. The van der Waals surface area contributed by atoms with Crippen molar-refractivity contribution in [3.63, 3.8) is 0 Å². The lowest BCUT2D eigenvalue weighted by Crippen LogP contribution is -2.44. The van der Waals surface area contributed by atoms with Crippen molar-refractivity contribution in [2.45, 2.75) is 50.5 Å². The fourth-order valence-corrected chi connectivity index (χ4v) is 3.19. The number of carboxylic acid groups (broad SMARTS) is 1. The second-order valence-corrected chi connectivity index (χ2v) is 7.18. The zero-order valence-corrected chi connectivity index (χ0v) is 12.3. The van der Waals surface area contributed by atoms with Gasteiger partial charge in [0.2, 0.25) is 0 Å². The Morgan fingerprint density at radius 2 is 1.79 bits per heavy atom. The Bertz CT molecular complexity index is 409. The number of likely N-dealkylation sites (tertiary alicyclic amines) is 1. The van der Waals surface area contributed by atoms with Crippen molar-refractivity contribution in [3.05, 3.63) is 0 Å². The number of hydrogen-bond acceptors (Lipinski definition) is 3. The lowest BCUT2D eigenvalue weighted by atomic mass is 9.91. The maximum atomic E-state index is 11.9. The number of rotatable bonds is 1. The molecule has 0 radical (unpaired) electrons. The van der Waals surface area contributed by atoms with Gasteiger partial charge >= 0.3 is 12.1 Å². The number of ether oxygens (including phenoxy) is 1. The van der Waals surface area contributed by atoms with E-state index >= 15 is 0 Å². The lowest BCUT2D eigenvalue weighted by molar-refractivity contribution is -0.138. The Labute approximate surface area is 117 Å². The standard InChI is InChI=1S/C13H20ClNO4/c1-11(2,3)19-10(18)15-6-4-12(5-7-15)8-13(12,14)9(16)17/h4-8H2,1-3H3,(H,16,17). The van der Waals surface area contributed by atoms with Gasteiger partial charge in [-0.2, -0.15) is 0 Å². The number of carbonyl (C=O) groups is 2. The van der Waals surface area contributed by atoms with Crippen molar-refractivity contribution in [2.24, 2.45) is 5.41 Å². The first-order valence-corrected chi connectivity index (χ1v) is 6.88. The van der Waals surface area contributed by atoms with Crippen LogP contribution in [0.1, 0.15) is 40.0 Å². The molecule has 108 valence electrons. The largest absolute Gasteiger partial charge is 0.480 e. The SMILES string of the molecule is CC(C)(C)OC(=O)N1CCC2(CC1)CC2(Cl)C(=O)O. The van der Waals surface area contributed by atoms with Crippen LogP contribution in [0, 0.1) is 5.41 Å². The number of hydrogen-bond donors (Lipinski definition) is 1. The Balaban J connectivity index is 1.91. The average Bonchev–Trinajstić information content (AvgIpc) is 2.83. The fraction of sp³-hybridized carbons (Fsp3) is 0.846. The van der Waals surface area contributed by atoms with Gasteiger partial charge in [-0.05, 0) is 40.0 Å². The van der Waals surface area contributed by atoms with Crippen LogP contribution in [-0.4, -0.2) is 45.6 Å². The molecule has 1 aliphatic carbocycles. The molecule has 0 bridgehead atoms. The number of nitrogens with zero attached hydrogens (tertiary/aromatic N) is 1. The van der Waals surface area contributed by atoms with Gasteiger partial charge in [0.15, 0.2) is 0 Å². The highest BCUT2D eigenvalue weighted by molar-refractivity contribution is 6.37.